The Morgan fingerprint density at radius 1 is 1.56 bits per heavy atom. The molecule has 0 aliphatic heterocycles. The van der Waals surface area contributed by atoms with Gasteiger partial charge in [-0.15, -0.1) is 0 Å². The molecule has 0 saturated heterocycles. The largest absolute Gasteiger partial charge is 0.351 e. The van der Waals surface area contributed by atoms with Crippen molar-refractivity contribution in [1.29, 1.82) is 5.26 Å². The molecule has 1 aromatic heterocycles. The molecule has 1 N–H and O–H groups in total. The summed E-state index contributed by atoms with van der Waals surface area (Å²) in [5.41, 5.74) is 1.94. The molecular weight excluding hydrogens is 204 g/mol. The first kappa shape index (κ1) is 12.1. The van der Waals surface area contributed by atoms with Gasteiger partial charge in [0.1, 0.15) is 0 Å². The third kappa shape index (κ3) is 3.02. The topological polar surface area (TPSA) is 78.7 Å². The maximum Gasteiger partial charge on any atom is 0.253 e. The van der Waals surface area contributed by atoms with Gasteiger partial charge in [-0.2, -0.15) is 15.5 Å². The van der Waals surface area contributed by atoms with Gasteiger partial charge in [-0.1, -0.05) is 6.92 Å². The molecule has 1 heterocycles. The van der Waals surface area contributed by atoms with Gasteiger partial charge in [0.2, 0.25) is 0 Å². The fraction of sp³-hybridized carbons (Fsp3) is 0.455. The van der Waals surface area contributed by atoms with Crippen LogP contribution in [0.3, 0.4) is 0 Å². The van der Waals surface area contributed by atoms with Crippen LogP contribution in [0.2, 0.25) is 0 Å². The number of carbonyl (C=O) groups excluding carboxylic acids is 1. The predicted octanol–water partition coefficient (Wildman–Crippen LogP) is 0.991. The number of carbonyl (C=O) groups is 1. The first-order chi connectivity index (χ1) is 7.69. The zero-order chi connectivity index (χ0) is 12.0. The van der Waals surface area contributed by atoms with Gasteiger partial charge in [-0.25, -0.2) is 0 Å². The molecule has 0 spiro atoms. The lowest BCUT2D eigenvalue weighted by Gasteiger charge is -2.06. The Balaban J connectivity index is 2.81. The monoisotopic (exact) mass is 218 g/mol. The van der Waals surface area contributed by atoms with E-state index in [1.165, 1.54) is 0 Å². The van der Waals surface area contributed by atoms with Gasteiger partial charge in [0.25, 0.3) is 5.91 Å². The van der Waals surface area contributed by atoms with Crippen molar-refractivity contribution < 1.29 is 4.79 Å². The second-order valence-electron chi connectivity index (χ2n) is 3.36. The number of hydrogen-bond donors (Lipinski definition) is 1. The summed E-state index contributed by atoms with van der Waals surface area (Å²) in [4.78, 5) is 11.8. The summed E-state index contributed by atoms with van der Waals surface area (Å²) < 4.78 is 0. The first-order valence-corrected chi connectivity index (χ1v) is 5.17. The van der Waals surface area contributed by atoms with Gasteiger partial charge in [-0.05, 0) is 19.4 Å². The van der Waals surface area contributed by atoms with E-state index in [1.54, 1.807) is 13.0 Å². The lowest BCUT2D eigenvalue weighted by Crippen LogP contribution is -2.26. The van der Waals surface area contributed by atoms with Gasteiger partial charge in [-0.3, -0.25) is 4.79 Å². The molecule has 0 fully saturated rings. The molecule has 0 bridgehead atoms. The van der Waals surface area contributed by atoms with Crippen molar-refractivity contribution in [2.45, 2.75) is 26.7 Å². The lowest BCUT2D eigenvalue weighted by molar-refractivity contribution is 0.0953. The van der Waals surface area contributed by atoms with Crippen LogP contribution in [0.25, 0.3) is 0 Å². The number of hydrogen-bond acceptors (Lipinski definition) is 4. The summed E-state index contributed by atoms with van der Waals surface area (Å²) in [5, 5.41) is 18.9. The molecular formula is C11H14N4O. The van der Waals surface area contributed by atoms with Crippen LogP contribution >= 0.6 is 0 Å². The van der Waals surface area contributed by atoms with E-state index in [9.17, 15) is 4.79 Å². The van der Waals surface area contributed by atoms with E-state index in [1.807, 2.05) is 13.0 Å². The number of nitriles is 1. The summed E-state index contributed by atoms with van der Waals surface area (Å²) in [7, 11) is 0. The van der Waals surface area contributed by atoms with Gasteiger partial charge >= 0.3 is 0 Å². The molecule has 0 atom stereocenters. The highest BCUT2D eigenvalue weighted by molar-refractivity contribution is 5.95. The Morgan fingerprint density at radius 2 is 2.31 bits per heavy atom. The summed E-state index contributed by atoms with van der Waals surface area (Å²) in [6.07, 6.45) is 0.971. The Labute approximate surface area is 94.5 Å². The number of aromatic nitrogens is 2. The van der Waals surface area contributed by atoms with Crippen LogP contribution in [0.15, 0.2) is 6.07 Å². The van der Waals surface area contributed by atoms with E-state index in [4.69, 9.17) is 5.26 Å². The zero-order valence-electron chi connectivity index (χ0n) is 9.45. The van der Waals surface area contributed by atoms with Crippen molar-refractivity contribution in [3.63, 3.8) is 0 Å². The van der Waals surface area contributed by atoms with Crippen LogP contribution in [-0.4, -0.2) is 22.6 Å². The Hall–Kier alpha value is -1.96. The second kappa shape index (κ2) is 5.81. The van der Waals surface area contributed by atoms with E-state index in [2.05, 4.69) is 15.5 Å². The highest BCUT2D eigenvalue weighted by Gasteiger charge is 2.11. The smallest absolute Gasteiger partial charge is 0.253 e. The molecule has 0 radical (unpaired) electrons. The molecule has 84 valence electrons. The van der Waals surface area contributed by atoms with Crippen LogP contribution in [-0.2, 0) is 6.42 Å². The van der Waals surface area contributed by atoms with E-state index in [-0.39, 0.29) is 5.91 Å². The number of amides is 1. The number of rotatable bonds is 4. The third-order valence-corrected chi connectivity index (χ3v) is 2.09. The van der Waals surface area contributed by atoms with Gasteiger partial charge in [0.15, 0.2) is 0 Å². The van der Waals surface area contributed by atoms with Crippen LogP contribution in [0.4, 0.5) is 0 Å². The molecule has 1 rings (SSSR count). The van der Waals surface area contributed by atoms with Crippen LogP contribution in [0, 0.1) is 18.3 Å². The van der Waals surface area contributed by atoms with Crippen LogP contribution in [0.1, 0.15) is 35.1 Å². The van der Waals surface area contributed by atoms with E-state index in [0.717, 1.165) is 0 Å². The maximum absolute atomic E-state index is 11.8. The molecule has 5 nitrogen and oxygen atoms in total. The van der Waals surface area contributed by atoms with Crippen molar-refractivity contribution in [1.82, 2.24) is 15.5 Å². The lowest BCUT2D eigenvalue weighted by atomic mass is 10.1. The number of nitrogens with one attached hydrogen (secondary N) is 1. The highest BCUT2D eigenvalue weighted by Crippen LogP contribution is 2.07. The Kier molecular flexibility index (Phi) is 4.40. The van der Waals surface area contributed by atoms with Gasteiger partial charge in [0.05, 0.1) is 29.4 Å². The number of aryl methyl sites for hydroxylation is 2. The van der Waals surface area contributed by atoms with Gasteiger partial charge < -0.3 is 5.32 Å². The minimum absolute atomic E-state index is 0.190. The number of nitrogens with zero attached hydrogens (tertiary/aromatic N) is 3. The highest BCUT2D eigenvalue weighted by atomic mass is 16.1. The van der Waals surface area contributed by atoms with Crippen molar-refractivity contribution in [3.05, 3.63) is 23.0 Å². The van der Waals surface area contributed by atoms with Crippen molar-refractivity contribution in [2.75, 3.05) is 6.54 Å². The third-order valence-electron chi connectivity index (χ3n) is 2.09. The second-order valence-corrected chi connectivity index (χ2v) is 3.36. The average molecular weight is 218 g/mol. The van der Waals surface area contributed by atoms with Crippen LogP contribution < -0.4 is 5.32 Å². The molecule has 5 heteroatoms. The first-order valence-electron chi connectivity index (χ1n) is 5.17. The van der Waals surface area contributed by atoms with Gasteiger partial charge in [0, 0.05) is 6.54 Å². The summed E-state index contributed by atoms with van der Waals surface area (Å²) in [6, 6.07) is 3.69. The van der Waals surface area contributed by atoms with E-state index >= 15 is 0 Å². The van der Waals surface area contributed by atoms with Crippen molar-refractivity contribution in [2.24, 2.45) is 0 Å². The minimum atomic E-state index is -0.190. The van der Waals surface area contributed by atoms with E-state index in [0.29, 0.717) is 36.3 Å². The van der Waals surface area contributed by atoms with Crippen molar-refractivity contribution in [3.8, 4) is 6.07 Å². The minimum Gasteiger partial charge on any atom is -0.351 e. The molecule has 1 amide bonds. The Morgan fingerprint density at radius 3 is 2.94 bits per heavy atom. The summed E-state index contributed by atoms with van der Waals surface area (Å²) in [6.45, 7) is 4.07. The molecule has 0 unspecified atom stereocenters. The molecule has 1 aromatic rings. The normalized spacial score (nSPS) is 9.56. The van der Waals surface area contributed by atoms with Crippen molar-refractivity contribution >= 4 is 5.91 Å². The standard InChI is InChI=1S/C11H14N4O/c1-3-10-9(7-8(2)14-15-10)11(16)13-6-4-5-12/h7H,3-4,6H2,1-2H3,(H,13,16). The summed E-state index contributed by atoms with van der Waals surface area (Å²) >= 11 is 0. The molecule has 16 heavy (non-hydrogen) atoms. The maximum atomic E-state index is 11.8. The SMILES string of the molecule is CCc1nnc(C)cc1C(=O)NCCC#N. The van der Waals surface area contributed by atoms with E-state index < -0.39 is 0 Å². The molecule has 0 saturated carbocycles. The Bertz CT molecular complexity index is 422. The average Bonchev–Trinajstić information content (AvgIpc) is 2.29. The van der Waals surface area contributed by atoms with Crippen LogP contribution in [0.5, 0.6) is 0 Å². The summed E-state index contributed by atoms with van der Waals surface area (Å²) in [5.74, 6) is -0.190. The predicted molar refractivity (Wildman–Crippen MR) is 58.7 cm³/mol. The quantitative estimate of drug-likeness (QED) is 0.764. The fourth-order valence-electron chi connectivity index (χ4n) is 1.30. The molecule has 0 aromatic carbocycles. The zero-order valence-corrected chi connectivity index (χ0v) is 9.45. The molecule has 0 aliphatic rings. The fourth-order valence-corrected chi connectivity index (χ4v) is 1.30. The molecule has 0 aliphatic carbocycles.